The molecule has 1 aliphatic rings. The molecule has 1 aliphatic carbocycles. The molecule has 0 aromatic heterocycles. The molecule has 94 valence electrons. The highest BCUT2D eigenvalue weighted by molar-refractivity contribution is 5.84. The van der Waals surface area contributed by atoms with Gasteiger partial charge in [0.2, 0.25) is 5.91 Å². The van der Waals surface area contributed by atoms with Crippen LogP contribution in [0.4, 0.5) is 0 Å². The van der Waals surface area contributed by atoms with Gasteiger partial charge in [0.15, 0.2) is 0 Å². The van der Waals surface area contributed by atoms with Crippen LogP contribution in [0.2, 0.25) is 0 Å². The van der Waals surface area contributed by atoms with E-state index in [1.54, 1.807) is 0 Å². The van der Waals surface area contributed by atoms with E-state index in [9.17, 15) is 4.79 Å². The van der Waals surface area contributed by atoms with Crippen LogP contribution in [-0.2, 0) is 11.2 Å². The van der Waals surface area contributed by atoms with Gasteiger partial charge in [-0.25, -0.2) is 0 Å². The normalized spacial score (nSPS) is 17.3. The summed E-state index contributed by atoms with van der Waals surface area (Å²) in [6, 6.07) is 8.30. The summed E-state index contributed by atoms with van der Waals surface area (Å²) >= 11 is 0. The minimum Gasteiger partial charge on any atom is -0.355 e. The van der Waals surface area contributed by atoms with E-state index in [1.165, 1.54) is 11.1 Å². The Morgan fingerprint density at radius 3 is 3.11 bits per heavy atom. The van der Waals surface area contributed by atoms with Gasteiger partial charge in [0, 0.05) is 13.0 Å². The molecule has 1 aromatic carbocycles. The molecule has 0 saturated heterocycles. The van der Waals surface area contributed by atoms with E-state index in [0.717, 1.165) is 25.7 Å². The summed E-state index contributed by atoms with van der Waals surface area (Å²) in [7, 11) is 0. The second-order valence-corrected chi connectivity index (χ2v) is 4.61. The number of nitrogens with one attached hydrogen (secondary N) is 1. The molecule has 0 bridgehead atoms. The number of carbonyl (C=O) groups excluding carboxylic acids is 1. The fourth-order valence-electron chi connectivity index (χ4n) is 2.52. The zero-order chi connectivity index (χ0) is 12.8. The zero-order valence-corrected chi connectivity index (χ0v) is 10.8. The second kappa shape index (κ2) is 6.26. The number of rotatable bonds is 3. The van der Waals surface area contributed by atoms with Crippen LogP contribution in [0.25, 0.3) is 0 Å². The van der Waals surface area contributed by atoms with Crippen molar-refractivity contribution in [3.63, 3.8) is 0 Å². The minimum atomic E-state index is 0.0320. The smallest absolute Gasteiger partial charge is 0.227 e. The fourth-order valence-corrected chi connectivity index (χ4v) is 2.52. The van der Waals surface area contributed by atoms with Crippen molar-refractivity contribution >= 4 is 5.91 Å². The molecule has 1 unspecified atom stereocenters. The van der Waals surface area contributed by atoms with Crippen LogP contribution < -0.4 is 5.32 Å². The lowest BCUT2D eigenvalue weighted by molar-refractivity contribution is -0.122. The highest BCUT2D eigenvalue weighted by Crippen LogP contribution is 2.31. The summed E-state index contributed by atoms with van der Waals surface area (Å²) in [5, 5.41) is 2.99. The third kappa shape index (κ3) is 2.92. The van der Waals surface area contributed by atoms with Crippen molar-refractivity contribution in [3.8, 4) is 11.8 Å². The van der Waals surface area contributed by atoms with Crippen LogP contribution >= 0.6 is 0 Å². The fraction of sp³-hybridized carbons (Fsp3) is 0.438. The maximum Gasteiger partial charge on any atom is 0.227 e. The Labute approximate surface area is 109 Å². The third-order valence-corrected chi connectivity index (χ3v) is 3.41. The van der Waals surface area contributed by atoms with Crippen molar-refractivity contribution < 1.29 is 4.79 Å². The Kier molecular flexibility index (Phi) is 4.41. The molecule has 1 aromatic rings. The van der Waals surface area contributed by atoms with Crippen LogP contribution in [0, 0.1) is 11.8 Å². The standard InChI is InChI=1S/C16H19NO/c1-2-3-6-12-17-16(18)15-11-7-9-13-8-4-5-10-14(13)15/h4-5,8,10,15H,6-7,9,11-12H2,1H3,(H,17,18). The summed E-state index contributed by atoms with van der Waals surface area (Å²) in [6.45, 7) is 2.47. The molecule has 0 heterocycles. The summed E-state index contributed by atoms with van der Waals surface area (Å²) in [4.78, 5) is 12.2. The molecule has 1 amide bonds. The number of benzene rings is 1. The van der Waals surface area contributed by atoms with Crippen molar-refractivity contribution in [2.75, 3.05) is 6.54 Å². The predicted octanol–water partition coefficient (Wildman–Crippen LogP) is 2.64. The van der Waals surface area contributed by atoms with Gasteiger partial charge in [-0.2, -0.15) is 0 Å². The lowest BCUT2D eigenvalue weighted by atomic mass is 9.82. The zero-order valence-electron chi connectivity index (χ0n) is 10.8. The first kappa shape index (κ1) is 12.7. The number of carbonyl (C=O) groups is 1. The van der Waals surface area contributed by atoms with Gasteiger partial charge in [0.25, 0.3) is 0 Å². The van der Waals surface area contributed by atoms with E-state index in [-0.39, 0.29) is 11.8 Å². The Balaban J connectivity index is 2.00. The van der Waals surface area contributed by atoms with Gasteiger partial charge in [-0.3, -0.25) is 4.79 Å². The Morgan fingerprint density at radius 2 is 2.28 bits per heavy atom. The lowest BCUT2D eigenvalue weighted by Gasteiger charge is -2.24. The number of hydrogen-bond acceptors (Lipinski definition) is 1. The SMILES string of the molecule is CC#CCCNC(=O)C1CCCc2ccccc21. The van der Waals surface area contributed by atoms with Crippen LogP contribution in [0.15, 0.2) is 24.3 Å². The van der Waals surface area contributed by atoms with E-state index < -0.39 is 0 Å². The Bertz CT molecular complexity index is 481. The lowest BCUT2D eigenvalue weighted by Crippen LogP contribution is -2.31. The van der Waals surface area contributed by atoms with E-state index in [2.05, 4.69) is 35.4 Å². The molecule has 0 saturated carbocycles. The van der Waals surface area contributed by atoms with E-state index in [1.807, 2.05) is 13.0 Å². The molecule has 0 fully saturated rings. The van der Waals surface area contributed by atoms with Crippen LogP contribution in [-0.4, -0.2) is 12.5 Å². The van der Waals surface area contributed by atoms with Gasteiger partial charge in [-0.1, -0.05) is 24.3 Å². The molecule has 0 spiro atoms. The first-order chi connectivity index (χ1) is 8.83. The highest BCUT2D eigenvalue weighted by Gasteiger charge is 2.25. The van der Waals surface area contributed by atoms with Crippen molar-refractivity contribution in [3.05, 3.63) is 35.4 Å². The molecular formula is C16H19NO. The minimum absolute atomic E-state index is 0.0320. The van der Waals surface area contributed by atoms with Gasteiger partial charge in [-0.05, 0) is 37.3 Å². The van der Waals surface area contributed by atoms with Crippen molar-refractivity contribution in [1.82, 2.24) is 5.32 Å². The molecule has 2 heteroatoms. The van der Waals surface area contributed by atoms with Crippen LogP contribution in [0.3, 0.4) is 0 Å². The van der Waals surface area contributed by atoms with Gasteiger partial charge < -0.3 is 5.32 Å². The quantitative estimate of drug-likeness (QED) is 0.639. The van der Waals surface area contributed by atoms with E-state index in [4.69, 9.17) is 0 Å². The summed E-state index contributed by atoms with van der Waals surface area (Å²) < 4.78 is 0. The molecule has 0 aliphatic heterocycles. The molecular weight excluding hydrogens is 222 g/mol. The van der Waals surface area contributed by atoms with Crippen molar-refractivity contribution in [2.24, 2.45) is 0 Å². The number of aryl methyl sites for hydroxylation is 1. The molecule has 2 rings (SSSR count). The molecule has 2 nitrogen and oxygen atoms in total. The molecule has 1 atom stereocenters. The largest absolute Gasteiger partial charge is 0.355 e. The van der Waals surface area contributed by atoms with Gasteiger partial charge in [0.1, 0.15) is 0 Å². The predicted molar refractivity (Wildman–Crippen MR) is 73.2 cm³/mol. The van der Waals surface area contributed by atoms with Crippen LogP contribution in [0.1, 0.15) is 43.2 Å². The monoisotopic (exact) mass is 241 g/mol. The second-order valence-electron chi connectivity index (χ2n) is 4.61. The van der Waals surface area contributed by atoms with Gasteiger partial charge >= 0.3 is 0 Å². The van der Waals surface area contributed by atoms with Crippen LogP contribution in [0.5, 0.6) is 0 Å². The molecule has 0 radical (unpaired) electrons. The average molecular weight is 241 g/mol. The summed E-state index contributed by atoms with van der Waals surface area (Å²) in [5.74, 6) is 5.98. The molecule has 18 heavy (non-hydrogen) atoms. The highest BCUT2D eigenvalue weighted by atomic mass is 16.1. The first-order valence-electron chi connectivity index (χ1n) is 6.58. The number of amides is 1. The molecule has 1 N–H and O–H groups in total. The van der Waals surface area contributed by atoms with Crippen molar-refractivity contribution in [1.29, 1.82) is 0 Å². The topological polar surface area (TPSA) is 29.1 Å². The Morgan fingerprint density at radius 1 is 1.44 bits per heavy atom. The average Bonchev–Trinajstić information content (AvgIpc) is 2.43. The first-order valence-corrected chi connectivity index (χ1v) is 6.58. The van der Waals surface area contributed by atoms with E-state index in [0.29, 0.717) is 6.54 Å². The summed E-state index contributed by atoms with van der Waals surface area (Å²) in [6.07, 6.45) is 3.89. The van der Waals surface area contributed by atoms with E-state index >= 15 is 0 Å². The maximum absolute atomic E-state index is 12.2. The maximum atomic E-state index is 12.2. The van der Waals surface area contributed by atoms with Crippen molar-refractivity contribution in [2.45, 2.75) is 38.5 Å². The number of fused-ring (bicyclic) bond motifs is 1. The van der Waals surface area contributed by atoms with Gasteiger partial charge in [-0.15, -0.1) is 11.8 Å². The van der Waals surface area contributed by atoms with Gasteiger partial charge in [0.05, 0.1) is 5.92 Å². The Hall–Kier alpha value is -1.75. The third-order valence-electron chi connectivity index (χ3n) is 3.41. The summed E-state index contributed by atoms with van der Waals surface area (Å²) in [5.41, 5.74) is 2.54. The number of hydrogen-bond donors (Lipinski definition) is 1.